The Balaban J connectivity index is 1.78. The lowest BCUT2D eigenvalue weighted by Crippen LogP contribution is -2.57. The number of ether oxygens (including phenoxy) is 3. The van der Waals surface area contributed by atoms with Crippen LogP contribution in [0.5, 0.6) is 5.75 Å². The molecule has 0 aromatic heterocycles. The molecule has 8 nitrogen and oxygen atoms in total. The Morgan fingerprint density at radius 2 is 1.86 bits per heavy atom. The average molecular weight is 384 g/mol. The van der Waals surface area contributed by atoms with Crippen LogP contribution < -0.4 is 0 Å². The lowest BCUT2D eigenvalue weighted by Gasteiger charge is -2.47. The van der Waals surface area contributed by atoms with E-state index in [-0.39, 0.29) is 53.1 Å². The van der Waals surface area contributed by atoms with Crippen molar-refractivity contribution < 1.29 is 38.5 Å². The quantitative estimate of drug-likeness (QED) is 0.665. The van der Waals surface area contributed by atoms with Gasteiger partial charge in [0.25, 0.3) is 0 Å². The van der Waals surface area contributed by atoms with Crippen molar-refractivity contribution in [3.63, 3.8) is 0 Å². The summed E-state index contributed by atoms with van der Waals surface area (Å²) >= 11 is 0. The Morgan fingerprint density at radius 3 is 2.61 bits per heavy atom. The van der Waals surface area contributed by atoms with Gasteiger partial charge in [0.1, 0.15) is 17.6 Å². The molecule has 1 aliphatic carbocycles. The van der Waals surface area contributed by atoms with Crippen LogP contribution in [0.3, 0.4) is 0 Å². The third-order valence-electron chi connectivity index (χ3n) is 5.56. The summed E-state index contributed by atoms with van der Waals surface area (Å²) in [6.07, 6.45) is -2.63. The predicted octanol–water partition coefficient (Wildman–Crippen LogP) is 1.25. The molecule has 0 unspecified atom stereocenters. The second-order valence-electron chi connectivity index (χ2n) is 7.52. The Bertz CT molecular complexity index is 1010. The SMILES string of the molecule is C[C@@H]1CC(=O)C[C@@]2(O1)O[C@@H]1CC(=O)O[C@@H]1C1=C2C(=O)c2c(O)cccc2C1=O. The molecule has 2 fully saturated rings. The molecule has 0 radical (unpaired) electrons. The van der Waals surface area contributed by atoms with E-state index in [0.717, 1.165) is 0 Å². The number of carbonyl (C=O) groups is 4. The minimum absolute atomic E-state index is 0.0212. The first-order valence-electron chi connectivity index (χ1n) is 9.03. The smallest absolute Gasteiger partial charge is 0.309 e. The monoisotopic (exact) mass is 384 g/mol. The first-order chi connectivity index (χ1) is 13.3. The molecule has 144 valence electrons. The highest BCUT2D eigenvalue weighted by Gasteiger charge is 2.60. The molecule has 3 aliphatic heterocycles. The number of phenols is 1. The van der Waals surface area contributed by atoms with Gasteiger partial charge in [-0.1, -0.05) is 12.1 Å². The van der Waals surface area contributed by atoms with Crippen molar-refractivity contribution in [1.82, 2.24) is 0 Å². The molecular weight excluding hydrogens is 368 g/mol. The van der Waals surface area contributed by atoms with E-state index in [1.165, 1.54) is 18.2 Å². The molecular formula is C20H16O8. The Labute approximate surface area is 159 Å². The fourth-order valence-electron chi connectivity index (χ4n) is 4.59. The van der Waals surface area contributed by atoms with Crippen molar-refractivity contribution in [2.45, 2.75) is 50.3 Å². The topological polar surface area (TPSA) is 116 Å². The van der Waals surface area contributed by atoms with E-state index in [4.69, 9.17) is 14.2 Å². The van der Waals surface area contributed by atoms with Gasteiger partial charge in [-0.3, -0.25) is 19.2 Å². The largest absolute Gasteiger partial charge is 0.507 e. The standard InChI is InChI=1S/C20H16O8/c1-8-5-9(21)7-20(27-8)16-15(19-12(28-20)6-13(23)26-19)17(24)10-3-2-4-11(22)14(10)18(16)25/h2-4,8,12,19,22H,5-7H2,1H3/t8-,12-,19+,20-/m1/s1. The van der Waals surface area contributed by atoms with Crippen molar-refractivity contribution in [2.24, 2.45) is 0 Å². The molecule has 0 amide bonds. The molecule has 0 saturated carbocycles. The molecule has 1 spiro atoms. The van der Waals surface area contributed by atoms with Gasteiger partial charge in [-0.05, 0) is 13.0 Å². The highest BCUT2D eigenvalue weighted by atomic mass is 16.7. The molecule has 2 saturated heterocycles. The van der Waals surface area contributed by atoms with E-state index >= 15 is 0 Å². The Hall–Kier alpha value is -2.84. The Kier molecular flexibility index (Phi) is 3.45. The number of ketones is 3. The van der Waals surface area contributed by atoms with Crippen molar-refractivity contribution in [2.75, 3.05) is 0 Å². The van der Waals surface area contributed by atoms with Gasteiger partial charge < -0.3 is 19.3 Å². The van der Waals surface area contributed by atoms with Crippen molar-refractivity contribution in [3.05, 3.63) is 40.5 Å². The summed E-state index contributed by atoms with van der Waals surface area (Å²) in [7, 11) is 0. The van der Waals surface area contributed by atoms with Crippen molar-refractivity contribution >= 4 is 23.3 Å². The van der Waals surface area contributed by atoms with Crippen LogP contribution >= 0.6 is 0 Å². The molecule has 1 aromatic rings. The summed E-state index contributed by atoms with van der Waals surface area (Å²) in [6.45, 7) is 1.67. The zero-order valence-corrected chi connectivity index (χ0v) is 14.9. The van der Waals surface area contributed by atoms with Crippen LogP contribution in [0.25, 0.3) is 0 Å². The second-order valence-corrected chi connectivity index (χ2v) is 7.52. The normalized spacial score (nSPS) is 34.2. The van der Waals surface area contributed by atoms with E-state index in [0.29, 0.717) is 0 Å². The fraction of sp³-hybridized carbons (Fsp3) is 0.400. The van der Waals surface area contributed by atoms with Crippen LogP contribution in [0.1, 0.15) is 46.9 Å². The lowest BCUT2D eigenvalue weighted by molar-refractivity contribution is -0.272. The van der Waals surface area contributed by atoms with Crippen LogP contribution in [0.4, 0.5) is 0 Å². The van der Waals surface area contributed by atoms with Gasteiger partial charge in [-0.15, -0.1) is 0 Å². The second kappa shape index (κ2) is 5.59. The number of fused-ring (bicyclic) bond motifs is 4. The van der Waals surface area contributed by atoms with Crippen LogP contribution in [0, 0.1) is 0 Å². The molecule has 4 aliphatic rings. The Morgan fingerprint density at radius 1 is 1.07 bits per heavy atom. The number of phenolic OH excluding ortho intramolecular Hbond substituents is 1. The van der Waals surface area contributed by atoms with Gasteiger partial charge in [-0.25, -0.2) is 0 Å². The zero-order valence-electron chi connectivity index (χ0n) is 14.9. The maximum absolute atomic E-state index is 13.4. The lowest BCUT2D eigenvalue weighted by atomic mass is 9.74. The third kappa shape index (κ3) is 2.18. The summed E-state index contributed by atoms with van der Waals surface area (Å²) < 4.78 is 17.2. The average Bonchev–Trinajstić information content (AvgIpc) is 2.96. The van der Waals surface area contributed by atoms with E-state index in [1.807, 2.05) is 0 Å². The number of hydrogen-bond donors (Lipinski definition) is 1. The molecule has 8 heteroatoms. The molecule has 3 heterocycles. The third-order valence-corrected chi connectivity index (χ3v) is 5.56. The van der Waals surface area contributed by atoms with Crippen molar-refractivity contribution in [3.8, 4) is 5.75 Å². The zero-order chi connectivity index (χ0) is 19.8. The van der Waals surface area contributed by atoms with Gasteiger partial charge in [0, 0.05) is 12.0 Å². The highest BCUT2D eigenvalue weighted by Crippen LogP contribution is 2.49. The summed E-state index contributed by atoms with van der Waals surface area (Å²) in [5, 5.41) is 10.2. The van der Waals surface area contributed by atoms with Crippen LogP contribution in [-0.4, -0.2) is 52.5 Å². The van der Waals surface area contributed by atoms with E-state index in [9.17, 15) is 24.3 Å². The maximum Gasteiger partial charge on any atom is 0.309 e. The predicted molar refractivity (Wildman–Crippen MR) is 90.7 cm³/mol. The number of aromatic hydroxyl groups is 1. The van der Waals surface area contributed by atoms with Crippen molar-refractivity contribution in [1.29, 1.82) is 0 Å². The first kappa shape index (κ1) is 17.3. The molecule has 1 aromatic carbocycles. The van der Waals surface area contributed by atoms with Crippen LogP contribution in [-0.2, 0) is 23.8 Å². The number of hydrogen-bond acceptors (Lipinski definition) is 8. The van der Waals surface area contributed by atoms with Gasteiger partial charge in [0.15, 0.2) is 17.7 Å². The number of rotatable bonds is 0. The number of benzene rings is 1. The van der Waals surface area contributed by atoms with Gasteiger partial charge in [0.2, 0.25) is 5.79 Å². The van der Waals surface area contributed by atoms with Crippen LogP contribution in [0.2, 0.25) is 0 Å². The number of Topliss-reactive ketones (excluding diaryl/α,β-unsaturated/α-hetero) is 3. The van der Waals surface area contributed by atoms with E-state index < -0.39 is 41.6 Å². The minimum atomic E-state index is -1.77. The molecule has 0 bridgehead atoms. The minimum Gasteiger partial charge on any atom is -0.507 e. The number of esters is 1. The molecule has 1 N–H and O–H groups in total. The van der Waals surface area contributed by atoms with Crippen LogP contribution in [0.15, 0.2) is 29.3 Å². The first-order valence-corrected chi connectivity index (χ1v) is 9.03. The van der Waals surface area contributed by atoms with E-state index in [2.05, 4.69) is 0 Å². The van der Waals surface area contributed by atoms with Gasteiger partial charge >= 0.3 is 5.97 Å². The van der Waals surface area contributed by atoms with Gasteiger partial charge in [-0.2, -0.15) is 0 Å². The summed E-state index contributed by atoms with van der Waals surface area (Å²) in [4.78, 5) is 50.9. The van der Waals surface area contributed by atoms with E-state index in [1.54, 1.807) is 6.92 Å². The van der Waals surface area contributed by atoms with Gasteiger partial charge in [0.05, 0.1) is 35.7 Å². The molecule has 28 heavy (non-hydrogen) atoms. The molecule has 5 rings (SSSR count). The number of carbonyl (C=O) groups excluding carboxylic acids is 4. The maximum atomic E-state index is 13.4. The summed E-state index contributed by atoms with van der Waals surface area (Å²) in [5.74, 6) is -4.06. The fourth-order valence-corrected chi connectivity index (χ4v) is 4.59. The molecule has 4 atom stereocenters. The highest BCUT2D eigenvalue weighted by molar-refractivity contribution is 6.29. The summed E-state index contributed by atoms with van der Waals surface area (Å²) in [5.41, 5.74) is -0.307. The summed E-state index contributed by atoms with van der Waals surface area (Å²) in [6, 6.07) is 4.20.